The molecule has 0 unspecified atom stereocenters. The van der Waals surface area contributed by atoms with Crippen molar-refractivity contribution in [2.75, 3.05) is 6.54 Å². The van der Waals surface area contributed by atoms with E-state index in [0.717, 1.165) is 10.7 Å². The lowest BCUT2D eigenvalue weighted by atomic mass is 10.4. The van der Waals surface area contributed by atoms with E-state index in [9.17, 15) is 0 Å². The summed E-state index contributed by atoms with van der Waals surface area (Å²) < 4.78 is 5.07. The number of aryl methyl sites for hydroxylation is 1. The highest BCUT2D eigenvalue weighted by atomic mass is 32.1. The van der Waals surface area contributed by atoms with Gasteiger partial charge in [-0.15, -0.1) is 17.8 Å². The second-order valence-corrected chi connectivity index (χ2v) is 4.41. The van der Waals surface area contributed by atoms with E-state index in [1.54, 1.807) is 11.3 Å². The maximum absolute atomic E-state index is 5.12. The van der Waals surface area contributed by atoms with E-state index in [1.807, 2.05) is 12.3 Å². The third-order valence-electron chi connectivity index (χ3n) is 1.99. The lowest BCUT2D eigenvalue weighted by molar-refractivity contribution is 0.366. The zero-order valence-corrected chi connectivity index (χ0v) is 10.3. The van der Waals surface area contributed by atoms with Gasteiger partial charge in [0.1, 0.15) is 5.01 Å². The largest absolute Gasteiger partial charge is 0.338 e. The molecule has 0 saturated heterocycles. The van der Waals surface area contributed by atoms with Gasteiger partial charge in [-0.2, -0.15) is 4.98 Å². The minimum absolute atomic E-state index is 0.489. The van der Waals surface area contributed by atoms with Crippen molar-refractivity contribution in [3.63, 3.8) is 0 Å². The maximum atomic E-state index is 5.12. The van der Waals surface area contributed by atoms with Crippen LogP contribution in [-0.2, 0) is 13.0 Å². The summed E-state index contributed by atoms with van der Waals surface area (Å²) in [6.07, 6.45) is 5.72. The number of hydrogen-bond acceptors (Lipinski definition) is 6. The topological polar surface area (TPSA) is 63.8 Å². The molecule has 2 aromatic rings. The van der Waals surface area contributed by atoms with Crippen molar-refractivity contribution in [2.45, 2.75) is 19.9 Å². The molecule has 0 aliphatic heterocycles. The molecule has 2 heterocycles. The molecule has 0 amide bonds. The Labute approximate surface area is 103 Å². The predicted molar refractivity (Wildman–Crippen MR) is 64.5 cm³/mol. The van der Waals surface area contributed by atoms with Crippen LogP contribution >= 0.6 is 11.3 Å². The second-order valence-electron chi connectivity index (χ2n) is 3.47. The molecule has 0 aromatic carbocycles. The number of rotatable bonds is 5. The number of thiazole rings is 1. The molecular formula is C11H12N4OS. The Balaban J connectivity index is 1.92. The molecule has 0 aliphatic carbocycles. The number of terminal acetylenes is 1. The van der Waals surface area contributed by atoms with Gasteiger partial charge in [-0.1, -0.05) is 11.1 Å². The molecule has 0 fully saturated rings. The van der Waals surface area contributed by atoms with Gasteiger partial charge in [0.2, 0.25) is 5.89 Å². The average Bonchev–Trinajstić information content (AvgIpc) is 2.90. The third kappa shape index (κ3) is 3.37. The van der Waals surface area contributed by atoms with Gasteiger partial charge < -0.3 is 4.52 Å². The zero-order chi connectivity index (χ0) is 12.1. The summed E-state index contributed by atoms with van der Waals surface area (Å²) in [6, 6.07) is 0. The van der Waals surface area contributed by atoms with Gasteiger partial charge in [0.15, 0.2) is 5.82 Å². The molecular weight excluding hydrogens is 236 g/mol. The second kappa shape index (κ2) is 5.57. The number of hydrogen-bond donors (Lipinski definition) is 1. The van der Waals surface area contributed by atoms with E-state index in [4.69, 9.17) is 10.9 Å². The highest BCUT2D eigenvalue weighted by Gasteiger charge is 2.08. The van der Waals surface area contributed by atoms with Crippen LogP contribution in [0.5, 0.6) is 0 Å². The van der Waals surface area contributed by atoms with Crippen LogP contribution in [0.15, 0.2) is 9.90 Å². The van der Waals surface area contributed by atoms with E-state index in [-0.39, 0.29) is 0 Å². The van der Waals surface area contributed by atoms with Crippen molar-refractivity contribution in [1.29, 1.82) is 0 Å². The van der Waals surface area contributed by atoms with E-state index in [2.05, 4.69) is 26.4 Å². The standard InChI is InChI=1S/C11H12N4OS/c1-3-4-12-6-10-14-9(15-16-10)5-11-13-8(2)7-17-11/h1,7,12H,4-6H2,2H3. The van der Waals surface area contributed by atoms with Gasteiger partial charge >= 0.3 is 0 Å². The van der Waals surface area contributed by atoms with Crippen LogP contribution in [0.2, 0.25) is 0 Å². The van der Waals surface area contributed by atoms with Crippen LogP contribution in [0.25, 0.3) is 0 Å². The molecule has 88 valence electrons. The molecule has 6 heteroatoms. The zero-order valence-electron chi connectivity index (χ0n) is 9.43. The van der Waals surface area contributed by atoms with Gasteiger partial charge in [-0.3, -0.25) is 5.32 Å². The van der Waals surface area contributed by atoms with E-state index in [0.29, 0.717) is 31.2 Å². The first kappa shape index (κ1) is 11.8. The highest BCUT2D eigenvalue weighted by molar-refractivity contribution is 7.09. The lowest BCUT2D eigenvalue weighted by Crippen LogP contribution is -2.13. The Morgan fingerprint density at radius 2 is 2.41 bits per heavy atom. The molecule has 5 nitrogen and oxygen atoms in total. The Hall–Kier alpha value is -1.71. The van der Waals surface area contributed by atoms with E-state index in [1.165, 1.54) is 0 Å². The summed E-state index contributed by atoms with van der Waals surface area (Å²) >= 11 is 1.60. The minimum Gasteiger partial charge on any atom is -0.338 e. The number of nitrogens with one attached hydrogen (secondary N) is 1. The van der Waals surface area contributed by atoms with Crippen molar-refractivity contribution in [2.24, 2.45) is 0 Å². The van der Waals surface area contributed by atoms with Crippen molar-refractivity contribution in [1.82, 2.24) is 20.4 Å². The molecule has 1 N–H and O–H groups in total. The Kier molecular flexibility index (Phi) is 3.85. The Morgan fingerprint density at radius 1 is 1.53 bits per heavy atom. The smallest absolute Gasteiger partial charge is 0.240 e. The van der Waals surface area contributed by atoms with Crippen molar-refractivity contribution < 1.29 is 4.52 Å². The Bertz CT molecular complexity index is 526. The molecule has 17 heavy (non-hydrogen) atoms. The molecule has 0 atom stereocenters. The molecule has 0 bridgehead atoms. The van der Waals surface area contributed by atoms with Crippen LogP contribution in [0.4, 0.5) is 0 Å². The van der Waals surface area contributed by atoms with Crippen molar-refractivity contribution in [3.8, 4) is 12.3 Å². The molecule has 0 spiro atoms. The third-order valence-corrected chi connectivity index (χ3v) is 2.96. The number of nitrogens with zero attached hydrogens (tertiary/aromatic N) is 3. The quantitative estimate of drug-likeness (QED) is 0.635. The molecule has 0 aliphatic rings. The van der Waals surface area contributed by atoms with Crippen LogP contribution in [0, 0.1) is 19.3 Å². The molecule has 0 radical (unpaired) electrons. The lowest BCUT2D eigenvalue weighted by Gasteiger charge is -1.92. The van der Waals surface area contributed by atoms with E-state index >= 15 is 0 Å². The summed E-state index contributed by atoms with van der Waals surface area (Å²) in [7, 11) is 0. The van der Waals surface area contributed by atoms with Gasteiger partial charge in [0, 0.05) is 11.1 Å². The monoisotopic (exact) mass is 248 g/mol. The molecule has 0 saturated carbocycles. The van der Waals surface area contributed by atoms with Gasteiger partial charge in [0.25, 0.3) is 0 Å². The fraction of sp³-hybridized carbons (Fsp3) is 0.364. The normalized spacial score (nSPS) is 10.4. The highest BCUT2D eigenvalue weighted by Crippen LogP contribution is 2.12. The van der Waals surface area contributed by atoms with Gasteiger partial charge in [0.05, 0.1) is 19.5 Å². The fourth-order valence-electron chi connectivity index (χ4n) is 1.29. The summed E-state index contributed by atoms with van der Waals surface area (Å²) in [5, 5.41) is 9.87. The first-order valence-electron chi connectivity index (χ1n) is 5.14. The van der Waals surface area contributed by atoms with Crippen LogP contribution in [-0.4, -0.2) is 21.7 Å². The minimum atomic E-state index is 0.489. The maximum Gasteiger partial charge on any atom is 0.240 e. The van der Waals surface area contributed by atoms with Gasteiger partial charge in [-0.05, 0) is 6.92 Å². The van der Waals surface area contributed by atoms with Crippen LogP contribution in [0.3, 0.4) is 0 Å². The summed E-state index contributed by atoms with van der Waals surface area (Å²) in [6.45, 7) is 2.95. The molecule has 2 aromatic heterocycles. The first-order chi connectivity index (χ1) is 8.28. The number of aromatic nitrogens is 3. The first-order valence-corrected chi connectivity index (χ1v) is 6.02. The summed E-state index contributed by atoms with van der Waals surface area (Å²) in [4.78, 5) is 8.59. The fourth-order valence-corrected chi connectivity index (χ4v) is 2.06. The predicted octanol–water partition coefficient (Wildman–Crippen LogP) is 1.15. The van der Waals surface area contributed by atoms with Gasteiger partial charge in [-0.25, -0.2) is 4.98 Å². The van der Waals surface area contributed by atoms with Crippen molar-refractivity contribution in [3.05, 3.63) is 27.8 Å². The SMILES string of the molecule is C#CCNCc1nc(Cc2nc(C)cs2)no1. The van der Waals surface area contributed by atoms with E-state index < -0.39 is 0 Å². The molecule has 2 rings (SSSR count). The average molecular weight is 248 g/mol. The van der Waals surface area contributed by atoms with Crippen LogP contribution < -0.4 is 5.32 Å². The summed E-state index contributed by atoms with van der Waals surface area (Å²) in [5.74, 6) is 3.67. The Morgan fingerprint density at radius 3 is 3.12 bits per heavy atom. The summed E-state index contributed by atoms with van der Waals surface area (Å²) in [5.41, 5.74) is 1.02. The van der Waals surface area contributed by atoms with Crippen LogP contribution in [0.1, 0.15) is 22.4 Å². The van der Waals surface area contributed by atoms with Crippen molar-refractivity contribution >= 4 is 11.3 Å².